The molecule has 2 rings (SSSR count). The molecule has 3 nitrogen and oxygen atoms in total. The van der Waals surface area contributed by atoms with Crippen LogP contribution >= 0.6 is 27.5 Å². The van der Waals surface area contributed by atoms with Gasteiger partial charge in [0.25, 0.3) is 0 Å². The maximum atomic E-state index is 12.0. The van der Waals surface area contributed by atoms with E-state index in [1.54, 1.807) is 18.2 Å². The Balaban J connectivity index is 1.87. The van der Waals surface area contributed by atoms with Crippen molar-refractivity contribution in [2.24, 2.45) is 5.92 Å². The summed E-state index contributed by atoms with van der Waals surface area (Å²) >= 11 is 9.06. The van der Waals surface area contributed by atoms with E-state index in [2.05, 4.69) is 26.0 Å². The molecule has 1 aliphatic carbocycles. The number of nitrogens with one attached hydrogen (secondary N) is 1. The first-order chi connectivity index (χ1) is 9.24. The van der Waals surface area contributed by atoms with E-state index in [1.165, 1.54) is 0 Å². The van der Waals surface area contributed by atoms with Crippen LogP contribution < -0.4 is 5.32 Å². The number of amides is 1. The van der Waals surface area contributed by atoms with Crippen LogP contribution in [0.4, 0.5) is 18.9 Å². The largest absolute Gasteiger partial charge is 0.522 e. The van der Waals surface area contributed by atoms with Gasteiger partial charge in [0.05, 0.1) is 11.8 Å². The monoisotopic (exact) mass is 371 g/mol. The van der Waals surface area contributed by atoms with Gasteiger partial charge >= 0.3 is 6.36 Å². The molecule has 1 fully saturated rings. The van der Waals surface area contributed by atoms with E-state index in [4.69, 9.17) is 11.6 Å². The highest BCUT2D eigenvalue weighted by Gasteiger charge is 2.42. The maximum Gasteiger partial charge on any atom is 0.522 e. The number of rotatable bonds is 3. The molecule has 1 amide bonds. The van der Waals surface area contributed by atoms with Crippen LogP contribution in [0.2, 0.25) is 5.02 Å². The zero-order valence-electron chi connectivity index (χ0n) is 10.0. The molecule has 0 unspecified atom stereocenters. The normalized spacial score (nSPS) is 22.2. The Morgan fingerprint density at radius 1 is 1.40 bits per heavy atom. The van der Waals surface area contributed by atoms with Gasteiger partial charge in [-0.15, -0.1) is 13.2 Å². The minimum Gasteiger partial charge on any atom is -0.325 e. The molecule has 0 bridgehead atoms. The first-order valence-electron chi connectivity index (χ1n) is 5.75. The van der Waals surface area contributed by atoms with Crippen molar-refractivity contribution in [2.75, 3.05) is 5.32 Å². The number of alkyl halides is 3. The van der Waals surface area contributed by atoms with Crippen molar-refractivity contribution >= 4 is 39.1 Å². The number of carbonyl (C=O) groups excluding carboxylic acids is 1. The predicted octanol–water partition coefficient (Wildman–Crippen LogP) is 4.36. The minimum atomic E-state index is -4.65. The highest BCUT2D eigenvalue weighted by atomic mass is 79.9. The van der Waals surface area contributed by atoms with Gasteiger partial charge < -0.3 is 5.32 Å². The Bertz CT molecular complexity index is 518. The minimum absolute atomic E-state index is 0.0591. The molecule has 0 aliphatic heterocycles. The van der Waals surface area contributed by atoms with Crippen LogP contribution in [0.1, 0.15) is 12.8 Å². The molecule has 0 atom stereocenters. The second-order valence-electron chi connectivity index (χ2n) is 4.47. The molecule has 1 aromatic carbocycles. The fraction of sp³-hybridized carbons (Fsp3) is 0.417. The van der Waals surface area contributed by atoms with Crippen molar-refractivity contribution in [3.05, 3.63) is 27.7 Å². The third kappa shape index (κ3) is 4.10. The topological polar surface area (TPSA) is 38.3 Å². The fourth-order valence-corrected chi connectivity index (χ4v) is 2.41. The van der Waals surface area contributed by atoms with Gasteiger partial charge in [0.15, 0.2) is 0 Å². The molecule has 0 heterocycles. The summed E-state index contributed by atoms with van der Waals surface area (Å²) in [7, 11) is 0. The van der Waals surface area contributed by atoms with Crippen molar-refractivity contribution < 1.29 is 22.7 Å². The molecule has 0 saturated heterocycles. The molecule has 0 radical (unpaired) electrons. The second kappa shape index (κ2) is 5.91. The molecule has 1 aliphatic rings. The van der Waals surface area contributed by atoms with Gasteiger partial charge in [-0.1, -0.05) is 11.6 Å². The van der Waals surface area contributed by atoms with Crippen LogP contribution in [0.5, 0.6) is 0 Å². The van der Waals surface area contributed by atoms with Crippen LogP contribution in [-0.4, -0.2) is 18.4 Å². The van der Waals surface area contributed by atoms with Crippen LogP contribution in [0, 0.1) is 5.92 Å². The van der Waals surface area contributed by atoms with Crippen LogP contribution in [0.3, 0.4) is 0 Å². The average molecular weight is 373 g/mol. The lowest BCUT2D eigenvalue weighted by atomic mass is 9.81. The van der Waals surface area contributed by atoms with Gasteiger partial charge in [0.1, 0.15) is 0 Å². The first-order valence-corrected chi connectivity index (χ1v) is 6.92. The SMILES string of the molecule is O=C(Nc1cc(Cl)ccc1Br)C1CC(OC(F)(F)F)C1. The molecule has 1 aromatic rings. The highest BCUT2D eigenvalue weighted by Crippen LogP contribution is 2.36. The number of anilines is 1. The van der Waals surface area contributed by atoms with Gasteiger partial charge in [0, 0.05) is 15.4 Å². The zero-order valence-corrected chi connectivity index (χ0v) is 12.3. The lowest BCUT2D eigenvalue weighted by Gasteiger charge is -2.34. The van der Waals surface area contributed by atoms with Crippen molar-refractivity contribution in [3.8, 4) is 0 Å². The number of benzene rings is 1. The summed E-state index contributed by atoms with van der Waals surface area (Å²) in [5.74, 6) is -0.816. The molecule has 8 heteroatoms. The lowest BCUT2D eigenvalue weighted by molar-refractivity contribution is -0.353. The predicted molar refractivity (Wildman–Crippen MR) is 71.4 cm³/mol. The molecular weight excluding hydrogens is 362 g/mol. The Hall–Kier alpha value is -0.790. The Labute approximate surface area is 126 Å². The number of hydrogen-bond donors (Lipinski definition) is 1. The Kier molecular flexibility index (Phi) is 4.61. The summed E-state index contributed by atoms with van der Waals surface area (Å²) < 4.78 is 40.4. The molecule has 0 spiro atoms. The van der Waals surface area contributed by atoms with Gasteiger partial charge in [0.2, 0.25) is 5.91 Å². The van der Waals surface area contributed by atoms with Crippen LogP contribution in [-0.2, 0) is 9.53 Å². The number of carbonyl (C=O) groups is 1. The molecule has 20 heavy (non-hydrogen) atoms. The van der Waals surface area contributed by atoms with E-state index in [-0.39, 0.29) is 18.7 Å². The fourth-order valence-electron chi connectivity index (χ4n) is 1.89. The molecule has 0 aromatic heterocycles. The van der Waals surface area contributed by atoms with E-state index in [9.17, 15) is 18.0 Å². The molecule has 110 valence electrons. The van der Waals surface area contributed by atoms with Crippen molar-refractivity contribution in [1.29, 1.82) is 0 Å². The van der Waals surface area contributed by atoms with Gasteiger partial charge in [-0.05, 0) is 47.0 Å². The summed E-state index contributed by atoms with van der Waals surface area (Å²) in [6, 6.07) is 4.89. The summed E-state index contributed by atoms with van der Waals surface area (Å²) in [6.45, 7) is 0. The van der Waals surface area contributed by atoms with Crippen LogP contribution in [0.25, 0.3) is 0 Å². The summed E-state index contributed by atoms with van der Waals surface area (Å²) in [6.07, 6.45) is -5.47. The maximum absolute atomic E-state index is 12.0. The number of ether oxygens (including phenoxy) is 1. The molecular formula is C12H10BrClF3NO2. The summed E-state index contributed by atoms with van der Waals surface area (Å²) in [4.78, 5) is 11.9. The van der Waals surface area contributed by atoms with Crippen LogP contribution in [0.15, 0.2) is 22.7 Å². The highest BCUT2D eigenvalue weighted by molar-refractivity contribution is 9.10. The molecule has 1 saturated carbocycles. The Morgan fingerprint density at radius 2 is 2.05 bits per heavy atom. The third-order valence-corrected chi connectivity index (χ3v) is 3.88. The van der Waals surface area contributed by atoms with E-state index in [0.29, 0.717) is 15.2 Å². The standard InChI is InChI=1S/C12H10BrClF3NO2/c13-9-2-1-7(14)5-10(9)18-11(19)6-3-8(4-6)20-12(15,16)17/h1-2,5-6,8H,3-4H2,(H,18,19). The van der Waals surface area contributed by atoms with Gasteiger partial charge in [-0.2, -0.15) is 0 Å². The third-order valence-electron chi connectivity index (χ3n) is 2.95. The second-order valence-corrected chi connectivity index (χ2v) is 5.76. The summed E-state index contributed by atoms with van der Waals surface area (Å²) in [5.41, 5.74) is 0.489. The molecule has 1 N–H and O–H groups in total. The van der Waals surface area contributed by atoms with Crippen molar-refractivity contribution in [1.82, 2.24) is 0 Å². The smallest absolute Gasteiger partial charge is 0.325 e. The van der Waals surface area contributed by atoms with E-state index >= 15 is 0 Å². The van der Waals surface area contributed by atoms with Crippen molar-refractivity contribution in [3.63, 3.8) is 0 Å². The first kappa shape index (κ1) is 15.6. The van der Waals surface area contributed by atoms with E-state index < -0.39 is 18.4 Å². The zero-order chi connectivity index (χ0) is 14.9. The number of halogens is 5. The van der Waals surface area contributed by atoms with Gasteiger partial charge in [-0.25, -0.2) is 0 Å². The quantitative estimate of drug-likeness (QED) is 0.856. The summed E-state index contributed by atoms with van der Waals surface area (Å²) in [5, 5.41) is 3.08. The lowest BCUT2D eigenvalue weighted by Crippen LogP contribution is -2.41. The average Bonchev–Trinajstić information content (AvgIpc) is 2.26. The van der Waals surface area contributed by atoms with Gasteiger partial charge in [-0.3, -0.25) is 9.53 Å². The van der Waals surface area contributed by atoms with Crippen molar-refractivity contribution in [2.45, 2.75) is 25.3 Å². The Morgan fingerprint density at radius 3 is 2.65 bits per heavy atom. The number of hydrogen-bond acceptors (Lipinski definition) is 2. The van der Waals surface area contributed by atoms with E-state index in [1.807, 2.05) is 0 Å². The van der Waals surface area contributed by atoms with E-state index in [0.717, 1.165) is 0 Å².